The second-order valence-electron chi connectivity index (χ2n) is 4.84. The average Bonchev–Trinajstić information content (AvgIpc) is 2.85. The van der Waals surface area contributed by atoms with E-state index in [1.807, 2.05) is 0 Å². The number of hydrogen-bond donors (Lipinski definition) is 1. The zero-order chi connectivity index (χ0) is 13.8. The van der Waals surface area contributed by atoms with Gasteiger partial charge in [-0.15, -0.1) is 5.10 Å². The number of aromatic nitrogens is 3. The lowest BCUT2D eigenvalue weighted by Gasteiger charge is -2.30. The van der Waals surface area contributed by atoms with Crippen molar-refractivity contribution in [2.24, 2.45) is 5.92 Å². The molecule has 1 saturated heterocycles. The quantitative estimate of drug-likeness (QED) is 0.863. The van der Waals surface area contributed by atoms with Gasteiger partial charge in [0.25, 0.3) is 5.91 Å². The SMILES string of the molecule is CCC1CCN(C(=O)c2cn(CC(=O)O)nn2)CC1. The minimum atomic E-state index is -1.01. The van der Waals surface area contributed by atoms with Crippen LogP contribution in [0.1, 0.15) is 36.7 Å². The number of hydrogen-bond acceptors (Lipinski definition) is 4. The highest BCUT2D eigenvalue weighted by Crippen LogP contribution is 2.20. The van der Waals surface area contributed by atoms with Crippen molar-refractivity contribution in [3.8, 4) is 0 Å². The van der Waals surface area contributed by atoms with Crippen molar-refractivity contribution in [1.82, 2.24) is 19.9 Å². The molecule has 0 atom stereocenters. The Morgan fingerprint density at radius 2 is 2.11 bits per heavy atom. The van der Waals surface area contributed by atoms with Crippen LogP contribution < -0.4 is 0 Å². The summed E-state index contributed by atoms with van der Waals surface area (Å²) in [5, 5.41) is 16.0. The average molecular weight is 266 g/mol. The highest BCUT2D eigenvalue weighted by molar-refractivity contribution is 5.92. The lowest BCUT2D eigenvalue weighted by atomic mass is 9.94. The molecular weight excluding hydrogens is 248 g/mol. The molecular formula is C12H18N4O3. The van der Waals surface area contributed by atoms with Crippen molar-refractivity contribution in [3.63, 3.8) is 0 Å². The summed E-state index contributed by atoms with van der Waals surface area (Å²) in [6.07, 6.45) is 4.58. The number of carboxylic acids is 1. The number of piperidine rings is 1. The molecule has 7 nitrogen and oxygen atoms in total. The molecule has 1 aromatic rings. The van der Waals surface area contributed by atoms with E-state index >= 15 is 0 Å². The van der Waals surface area contributed by atoms with E-state index in [1.165, 1.54) is 6.20 Å². The summed E-state index contributed by atoms with van der Waals surface area (Å²) in [5.41, 5.74) is 0.219. The Bertz CT molecular complexity index is 463. The first-order valence-corrected chi connectivity index (χ1v) is 6.51. The molecule has 7 heteroatoms. The van der Waals surface area contributed by atoms with Gasteiger partial charge in [0.2, 0.25) is 0 Å². The van der Waals surface area contributed by atoms with E-state index < -0.39 is 5.97 Å². The van der Waals surface area contributed by atoms with E-state index in [1.54, 1.807) is 4.90 Å². The van der Waals surface area contributed by atoms with E-state index in [9.17, 15) is 9.59 Å². The van der Waals surface area contributed by atoms with Gasteiger partial charge in [0.05, 0.1) is 6.20 Å². The molecule has 0 saturated carbocycles. The summed E-state index contributed by atoms with van der Waals surface area (Å²) in [4.78, 5) is 24.5. The van der Waals surface area contributed by atoms with E-state index in [-0.39, 0.29) is 18.1 Å². The van der Waals surface area contributed by atoms with Gasteiger partial charge in [0.1, 0.15) is 6.54 Å². The van der Waals surface area contributed by atoms with Crippen LogP contribution in [0.15, 0.2) is 6.20 Å². The third-order valence-corrected chi connectivity index (χ3v) is 3.53. The third-order valence-electron chi connectivity index (χ3n) is 3.53. The van der Waals surface area contributed by atoms with Crippen LogP contribution in [0.5, 0.6) is 0 Å². The predicted octanol–water partition coefficient (Wildman–Crippen LogP) is 0.625. The second kappa shape index (κ2) is 5.81. The van der Waals surface area contributed by atoms with Gasteiger partial charge in [-0.3, -0.25) is 9.59 Å². The van der Waals surface area contributed by atoms with Crippen molar-refractivity contribution in [2.45, 2.75) is 32.7 Å². The van der Waals surface area contributed by atoms with Crippen molar-refractivity contribution >= 4 is 11.9 Å². The Balaban J connectivity index is 1.96. The number of carboxylic acid groups (broad SMARTS) is 1. The standard InChI is InChI=1S/C12H18N4O3/c1-2-9-3-5-15(6-4-9)12(19)10-7-16(14-13-10)8-11(17)18/h7,9H,2-6,8H2,1H3,(H,17,18). The van der Waals surface area contributed by atoms with Gasteiger partial charge in [-0.25, -0.2) is 4.68 Å². The zero-order valence-electron chi connectivity index (χ0n) is 10.9. The number of carbonyl (C=O) groups excluding carboxylic acids is 1. The maximum absolute atomic E-state index is 12.2. The molecule has 1 aromatic heterocycles. The fourth-order valence-electron chi connectivity index (χ4n) is 2.32. The van der Waals surface area contributed by atoms with Crippen molar-refractivity contribution in [3.05, 3.63) is 11.9 Å². The Kier molecular flexibility index (Phi) is 4.13. The first-order valence-electron chi connectivity index (χ1n) is 6.51. The van der Waals surface area contributed by atoms with Crippen LogP contribution in [0.3, 0.4) is 0 Å². The molecule has 0 bridgehead atoms. The Hall–Kier alpha value is -1.92. The Morgan fingerprint density at radius 3 is 2.68 bits per heavy atom. The van der Waals surface area contributed by atoms with E-state index in [2.05, 4.69) is 17.2 Å². The topological polar surface area (TPSA) is 88.3 Å². The molecule has 1 N–H and O–H groups in total. The molecule has 2 heterocycles. The van der Waals surface area contributed by atoms with Crippen LogP contribution >= 0.6 is 0 Å². The van der Waals surface area contributed by atoms with Crippen LogP contribution in [0.2, 0.25) is 0 Å². The van der Waals surface area contributed by atoms with Gasteiger partial charge in [-0.05, 0) is 18.8 Å². The van der Waals surface area contributed by atoms with Gasteiger partial charge in [-0.1, -0.05) is 18.6 Å². The van der Waals surface area contributed by atoms with Crippen LogP contribution in [-0.2, 0) is 11.3 Å². The monoisotopic (exact) mass is 266 g/mol. The van der Waals surface area contributed by atoms with Gasteiger partial charge >= 0.3 is 5.97 Å². The highest BCUT2D eigenvalue weighted by Gasteiger charge is 2.24. The van der Waals surface area contributed by atoms with Crippen LogP contribution in [-0.4, -0.2) is 50.0 Å². The molecule has 1 aliphatic heterocycles. The molecule has 104 valence electrons. The predicted molar refractivity (Wildman–Crippen MR) is 66.6 cm³/mol. The summed E-state index contributed by atoms with van der Waals surface area (Å²) < 4.78 is 1.16. The first kappa shape index (κ1) is 13.5. The summed E-state index contributed by atoms with van der Waals surface area (Å²) in [7, 11) is 0. The highest BCUT2D eigenvalue weighted by atomic mass is 16.4. The molecule has 0 spiro atoms. The molecule has 0 aliphatic carbocycles. The fourth-order valence-corrected chi connectivity index (χ4v) is 2.32. The van der Waals surface area contributed by atoms with Crippen LogP contribution in [0, 0.1) is 5.92 Å². The normalized spacial score (nSPS) is 16.6. The van der Waals surface area contributed by atoms with Crippen LogP contribution in [0.25, 0.3) is 0 Å². The third kappa shape index (κ3) is 3.30. The lowest BCUT2D eigenvalue weighted by molar-refractivity contribution is -0.137. The molecule has 1 amide bonds. The first-order chi connectivity index (χ1) is 9.10. The maximum Gasteiger partial charge on any atom is 0.325 e. The fraction of sp³-hybridized carbons (Fsp3) is 0.667. The molecule has 0 radical (unpaired) electrons. The van der Waals surface area contributed by atoms with E-state index in [0.29, 0.717) is 5.92 Å². The molecule has 1 aliphatic rings. The number of likely N-dealkylation sites (tertiary alicyclic amines) is 1. The summed E-state index contributed by atoms with van der Waals surface area (Å²) in [6.45, 7) is 3.37. The molecule has 2 rings (SSSR count). The number of carbonyl (C=O) groups is 2. The van der Waals surface area contributed by atoms with E-state index in [0.717, 1.165) is 37.0 Å². The zero-order valence-corrected chi connectivity index (χ0v) is 10.9. The van der Waals surface area contributed by atoms with E-state index in [4.69, 9.17) is 5.11 Å². The van der Waals surface area contributed by atoms with Crippen LogP contribution in [0.4, 0.5) is 0 Å². The maximum atomic E-state index is 12.2. The largest absolute Gasteiger partial charge is 0.480 e. The van der Waals surface area contributed by atoms with Crippen molar-refractivity contribution in [2.75, 3.05) is 13.1 Å². The number of aliphatic carboxylic acids is 1. The van der Waals surface area contributed by atoms with Gasteiger partial charge in [0, 0.05) is 13.1 Å². The molecule has 0 aromatic carbocycles. The van der Waals surface area contributed by atoms with Gasteiger partial charge < -0.3 is 10.0 Å². The number of amides is 1. The van der Waals surface area contributed by atoms with Crippen molar-refractivity contribution in [1.29, 1.82) is 0 Å². The van der Waals surface area contributed by atoms with Crippen molar-refractivity contribution < 1.29 is 14.7 Å². The number of nitrogens with zero attached hydrogens (tertiary/aromatic N) is 4. The van der Waals surface area contributed by atoms with Gasteiger partial charge in [0.15, 0.2) is 5.69 Å². The molecule has 1 fully saturated rings. The number of rotatable bonds is 4. The Labute approximate surface area is 111 Å². The lowest BCUT2D eigenvalue weighted by Crippen LogP contribution is -2.38. The molecule has 19 heavy (non-hydrogen) atoms. The summed E-state index contributed by atoms with van der Waals surface area (Å²) in [6, 6.07) is 0. The Morgan fingerprint density at radius 1 is 1.42 bits per heavy atom. The second-order valence-corrected chi connectivity index (χ2v) is 4.84. The minimum absolute atomic E-state index is 0.161. The minimum Gasteiger partial charge on any atom is -0.480 e. The smallest absolute Gasteiger partial charge is 0.325 e. The van der Waals surface area contributed by atoms with Gasteiger partial charge in [-0.2, -0.15) is 0 Å². The molecule has 0 unspecified atom stereocenters. The summed E-state index contributed by atoms with van der Waals surface area (Å²) >= 11 is 0. The summed E-state index contributed by atoms with van der Waals surface area (Å²) in [5.74, 6) is -0.467.